The number of aryl methyl sites for hydroxylation is 2. The Hall–Kier alpha value is -1.10. The molecule has 2 rings (SSSR count). The van der Waals surface area contributed by atoms with E-state index < -0.39 is 0 Å². The molecule has 0 radical (unpaired) electrons. The zero-order valence-corrected chi connectivity index (χ0v) is 13.5. The van der Waals surface area contributed by atoms with Gasteiger partial charge in [0.2, 0.25) is 0 Å². The van der Waals surface area contributed by atoms with Crippen molar-refractivity contribution in [3.8, 4) is 5.75 Å². The molecule has 21 heavy (non-hydrogen) atoms. The highest BCUT2D eigenvalue weighted by molar-refractivity contribution is 5.35. The van der Waals surface area contributed by atoms with E-state index in [0.29, 0.717) is 6.10 Å². The number of benzene rings is 1. The Balaban J connectivity index is 1.68. The highest BCUT2D eigenvalue weighted by atomic mass is 16.5. The molecule has 1 unspecified atom stereocenters. The topological polar surface area (TPSA) is 33.7 Å². The highest BCUT2D eigenvalue weighted by Gasteiger charge is 2.19. The molecule has 0 aromatic heterocycles. The zero-order chi connectivity index (χ0) is 15.1. The molecule has 1 N–H and O–H groups in total. The summed E-state index contributed by atoms with van der Waals surface area (Å²) in [4.78, 5) is 2.47. The molecule has 1 aliphatic heterocycles. The molecule has 1 saturated heterocycles. The molecule has 118 valence electrons. The molecular formula is C17H28N2O2. The molecule has 1 aromatic rings. The molecule has 1 fully saturated rings. The van der Waals surface area contributed by atoms with Crippen LogP contribution in [-0.4, -0.2) is 57.4 Å². The van der Waals surface area contributed by atoms with Crippen molar-refractivity contribution in [3.05, 3.63) is 29.3 Å². The van der Waals surface area contributed by atoms with Gasteiger partial charge in [-0.1, -0.05) is 12.1 Å². The molecule has 4 heteroatoms. The summed E-state index contributed by atoms with van der Waals surface area (Å²) in [6.45, 7) is 9.86. The first-order chi connectivity index (χ1) is 10.2. The van der Waals surface area contributed by atoms with E-state index in [4.69, 9.17) is 9.47 Å². The number of rotatable bonds is 7. The van der Waals surface area contributed by atoms with Crippen molar-refractivity contribution >= 4 is 0 Å². The Morgan fingerprint density at radius 1 is 1.38 bits per heavy atom. The van der Waals surface area contributed by atoms with Crippen molar-refractivity contribution < 1.29 is 9.47 Å². The van der Waals surface area contributed by atoms with Gasteiger partial charge < -0.3 is 14.8 Å². The van der Waals surface area contributed by atoms with E-state index in [2.05, 4.69) is 42.3 Å². The molecule has 0 saturated carbocycles. The van der Waals surface area contributed by atoms with Gasteiger partial charge in [-0.05, 0) is 44.5 Å². The summed E-state index contributed by atoms with van der Waals surface area (Å²) in [5, 5.41) is 3.18. The number of nitrogens with one attached hydrogen (secondary N) is 1. The summed E-state index contributed by atoms with van der Waals surface area (Å²) < 4.78 is 11.6. The van der Waals surface area contributed by atoms with E-state index in [1.54, 1.807) is 0 Å². The Labute approximate surface area is 128 Å². The third-order valence-corrected chi connectivity index (χ3v) is 3.87. The van der Waals surface area contributed by atoms with E-state index in [9.17, 15) is 0 Å². The number of ether oxygens (including phenoxy) is 2. The van der Waals surface area contributed by atoms with Gasteiger partial charge in [0, 0.05) is 26.2 Å². The number of morpholine rings is 1. The largest absolute Gasteiger partial charge is 0.493 e. The first-order valence-electron chi connectivity index (χ1n) is 7.87. The van der Waals surface area contributed by atoms with Gasteiger partial charge >= 0.3 is 0 Å². The van der Waals surface area contributed by atoms with E-state index >= 15 is 0 Å². The van der Waals surface area contributed by atoms with Crippen LogP contribution in [0.5, 0.6) is 5.75 Å². The molecule has 0 aliphatic carbocycles. The normalized spacial score (nSPS) is 19.7. The fraction of sp³-hybridized carbons (Fsp3) is 0.647. The maximum absolute atomic E-state index is 5.91. The van der Waals surface area contributed by atoms with Crippen LogP contribution in [0.25, 0.3) is 0 Å². The van der Waals surface area contributed by atoms with Crippen molar-refractivity contribution in [2.24, 2.45) is 0 Å². The van der Waals surface area contributed by atoms with Crippen LogP contribution in [0.2, 0.25) is 0 Å². The molecule has 1 aliphatic rings. The lowest BCUT2D eigenvalue weighted by Gasteiger charge is -2.32. The summed E-state index contributed by atoms with van der Waals surface area (Å²) in [6, 6.07) is 6.36. The smallest absolute Gasteiger partial charge is 0.122 e. The van der Waals surface area contributed by atoms with E-state index in [1.807, 2.05) is 7.05 Å². The van der Waals surface area contributed by atoms with E-state index in [1.165, 1.54) is 11.1 Å². The van der Waals surface area contributed by atoms with Crippen LogP contribution in [-0.2, 0) is 4.74 Å². The third-order valence-electron chi connectivity index (χ3n) is 3.87. The van der Waals surface area contributed by atoms with E-state index in [-0.39, 0.29) is 0 Å². The van der Waals surface area contributed by atoms with Crippen LogP contribution in [0.1, 0.15) is 17.5 Å². The van der Waals surface area contributed by atoms with Gasteiger partial charge in [0.25, 0.3) is 0 Å². The predicted octanol–water partition coefficient (Wildman–Crippen LogP) is 1.99. The van der Waals surface area contributed by atoms with Gasteiger partial charge in [-0.2, -0.15) is 0 Å². The molecule has 0 spiro atoms. The second-order valence-corrected chi connectivity index (χ2v) is 5.82. The lowest BCUT2D eigenvalue weighted by molar-refractivity contribution is -0.0272. The zero-order valence-electron chi connectivity index (χ0n) is 13.5. The molecule has 0 bridgehead atoms. The average molecular weight is 292 g/mol. The molecular weight excluding hydrogens is 264 g/mol. The Bertz CT molecular complexity index is 435. The quantitative estimate of drug-likeness (QED) is 0.779. The lowest BCUT2D eigenvalue weighted by atomic mass is 10.1. The second-order valence-electron chi connectivity index (χ2n) is 5.82. The van der Waals surface area contributed by atoms with Crippen LogP contribution in [0.4, 0.5) is 0 Å². The molecule has 0 amide bonds. The van der Waals surface area contributed by atoms with Gasteiger partial charge in [0.15, 0.2) is 0 Å². The summed E-state index contributed by atoms with van der Waals surface area (Å²) in [6.07, 6.45) is 1.38. The highest BCUT2D eigenvalue weighted by Crippen LogP contribution is 2.19. The first kappa shape index (κ1) is 16.3. The van der Waals surface area contributed by atoms with Crippen LogP contribution in [0.3, 0.4) is 0 Å². The second kappa shape index (κ2) is 8.37. The molecule has 1 atom stereocenters. The van der Waals surface area contributed by atoms with Gasteiger partial charge in [-0.15, -0.1) is 0 Å². The number of likely N-dealkylation sites (N-methyl/N-ethyl adjacent to an activating group) is 1. The summed E-state index contributed by atoms with van der Waals surface area (Å²) in [5.74, 6) is 1.02. The Morgan fingerprint density at radius 3 is 3.05 bits per heavy atom. The lowest BCUT2D eigenvalue weighted by Crippen LogP contribution is -2.46. The van der Waals surface area contributed by atoms with Crippen LogP contribution in [0.15, 0.2) is 18.2 Å². The third kappa shape index (κ3) is 5.30. The molecule has 1 aromatic carbocycles. The summed E-state index contributed by atoms with van der Waals surface area (Å²) in [5.41, 5.74) is 2.46. The van der Waals surface area contributed by atoms with Crippen LogP contribution >= 0.6 is 0 Å². The van der Waals surface area contributed by atoms with E-state index in [0.717, 1.165) is 51.6 Å². The minimum absolute atomic E-state index is 0.323. The molecule has 1 heterocycles. The van der Waals surface area contributed by atoms with Crippen molar-refractivity contribution in [1.82, 2.24) is 10.2 Å². The van der Waals surface area contributed by atoms with Gasteiger partial charge in [-0.3, -0.25) is 4.90 Å². The maximum Gasteiger partial charge on any atom is 0.122 e. The van der Waals surface area contributed by atoms with Crippen molar-refractivity contribution in [1.29, 1.82) is 0 Å². The van der Waals surface area contributed by atoms with Gasteiger partial charge in [0.1, 0.15) is 5.75 Å². The van der Waals surface area contributed by atoms with Crippen molar-refractivity contribution in [3.63, 3.8) is 0 Å². The Morgan fingerprint density at radius 2 is 2.24 bits per heavy atom. The van der Waals surface area contributed by atoms with Crippen molar-refractivity contribution in [2.75, 3.05) is 46.4 Å². The predicted molar refractivity (Wildman–Crippen MR) is 86.1 cm³/mol. The standard InChI is InChI=1S/C17H28N2O2/c1-14-5-6-15(2)17(11-14)21-9-4-7-19-8-10-20-16(13-19)12-18-3/h5-6,11,16,18H,4,7-10,12-13H2,1-3H3. The summed E-state index contributed by atoms with van der Waals surface area (Å²) >= 11 is 0. The number of nitrogens with zero attached hydrogens (tertiary/aromatic N) is 1. The first-order valence-corrected chi connectivity index (χ1v) is 7.87. The van der Waals surface area contributed by atoms with Crippen LogP contribution < -0.4 is 10.1 Å². The monoisotopic (exact) mass is 292 g/mol. The SMILES string of the molecule is CNCC1CN(CCCOc2cc(C)ccc2C)CCO1. The summed E-state index contributed by atoms with van der Waals surface area (Å²) in [7, 11) is 1.97. The average Bonchev–Trinajstić information content (AvgIpc) is 2.48. The van der Waals surface area contributed by atoms with Crippen molar-refractivity contribution in [2.45, 2.75) is 26.4 Å². The van der Waals surface area contributed by atoms with Gasteiger partial charge in [-0.25, -0.2) is 0 Å². The fourth-order valence-corrected chi connectivity index (χ4v) is 2.67. The number of hydrogen-bond acceptors (Lipinski definition) is 4. The van der Waals surface area contributed by atoms with Crippen LogP contribution in [0, 0.1) is 13.8 Å². The fourth-order valence-electron chi connectivity index (χ4n) is 2.67. The number of hydrogen-bond donors (Lipinski definition) is 1. The maximum atomic E-state index is 5.91. The minimum Gasteiger partial charge on any atom is -0.493 e. The van der Waals surface area contributed by atoms with Gasteiger partial charge in [0.05, 0.1) is 19.3 Å². The minimum atomic E-state index is 0.323. The molecule has 4 nitrogen and oxygen atoms in total. The Kier molecular flexibility index (Phi) is 6.49.